The molecule has 0 aromatic heterocycles. The lowest BCUT2D eigenvalue weighted by molar-refractivity contribution is -0.129. The van der Waals surface area contributed by atoms with Crippen molar-refractivity contribution in [1.82, 2.24) is 10.2 Å². The third kappa shape index (κ3) is 3.19. The first-order valence-corrected chi connectivity index (χ1v) is 7.69. The molecule has 2 aliphatic rings. The van der Waals surface area contributed by atoms with Crippen molar-refractivity contribution in [2.75, 3.05) is 6.54 Å². The van der Waals surface area contributed by atoms with Crippen molar-refractivity contribution in [2.24, 2.45) is 5.92 Å². The Bertz CT molecular complexity index is 346. The zero-order chi connectivity index (χ0) is 14.4. The van der Waals surface area contributed by atoms with E-state index in [1.807, 2.05) is 0 Å². The quantitative estimate of drug-likeness (QED) is 0.792. The number of piperidine rings is 2. The number of Topliss-reactive ketones (excluding diaryl/α,β-unsaturated/α-hetero) is 1. The molecule has 110 valence electrons. The fourth-order valence-corrected chi connectivity index (χ4v) is 4.24. The Hall–Kier alpha value is -0.410. The highest BCUT2D eigenvalue weighted by Gasteiger charge is 2.43. The van der Waals surface area contributed by atoms with E-state index in [1.54, 1.807) is 0 Å². The molecule has 0 aliphatic carbocycles. The molecule has 3 heteroatoms. The molecule has 0 bridgehead atoms. The van der Waals surface area contributed by atoms with Gasteiger partial charge in [0.15, 0.2) is 0 Å². The summed E-state index contributed by atoms with van der Waals surface area (Å²) in [4.78, 5) is 14.4. The van der Waals surface area contributed by atoms with Crippen LogP contribution in [0.25, 0.3) is 0 Å². The van der Waals surface area contributed by atoms with Gasteiger partial charge in [0.05, 0.1) is 0 Å². The maximum absolute atomic E-state index is 11.8. The fraction of sp³-hybridized carbons (Fsp3) is 0.938. The molecule has 0 unspecified atom stereocenters. The van der Waals surface area contributed by atoms with Gasteiger partial charge in [-0.05, 0) is 47.5 Å². The fourth-order valence-electron chi connectivity index (χ4n) is 4.24. The van der Waals surface area contributed by atoms with E-state index in [0.29, 0.717) is 17.9 Å². The van der Waals surface area contributed by atoms with Crippen LogP contribution in [0.5, 0.6) is 0 Å². The van der Waals surface area contributed by atoms with E-state index >= 15 is 0 Å². The van der Waals surface area contributed by atoms with Crippen molar-refractivity contribution in [3.05, 3.63) is 0 Å². The second-order valence-electron chi connectivity index (χ2n) is 7.94. The normalized spacial score (nSPS) is 36.4. The van der Waals surface area contributed by atoms with Gasteiger partial charge in [0.25, 0.3) is 0 Å². The van der Waals surface area contributed by atoms with Gasteiger partial charge in [-0.1, -0.05) is 6.92 Å². The molecule has 3 nitrogen and oxygen atoms in total. The van der Waals surface area contributed by atoms with Crippen LogP contribution in [0.3, 0.4) is 0 Å². The smallest absolute Gasteiger partial charge is 0.138 e. The Balaban J connectivity index is 2.15. The number of ketones is 1. The molecule has 0 radical (unpaired) electrons. The Labute approximate surface area is 118 Å². The molecule has 0 saturated carbocycles. The van der Waals surface area contributed by atoms with Crippen LogP contribution in [0.2, 0.25) is 0 Å². The van der Waals surface area contributed by atoms with Gasteiger partial charge in [0.1, 0.15) is 5.78 Å². The van der Waals surface area contributed by atoms with Crippen LogP contribution in [0.4, 0.5) is 0 Å². The van der Waals surface area contributed by atoms with Gasteiger partial charge in [0.2, 0.25) is 0 Å². The van der Waals surface area contributed by atoms with Gasteiger partial charge >= 0.3 is 0 Å². The Morgan fingerprint density at radius 3 is 2.16 bits per heavy atom. The minimum atomic E-state index is 0.177. The van der Waals surface area contributed by atoms with Crippen molar-refractivity contribution in [1.29, 1.82) is 0 Å². The van der Waals surface area contributed by atoms with E-state index in [4.69, 9.17) is 0 Å². The number of carbonyl (C=O) groups is 1. The average Bonchev–Trinajstić information content (AvgIpc) is 2.21. The van der Waals surface area contributed by atoms with Crippen LogP contribution in [0.1, 0.15) is 60.8 Å². The van der Waals surface area contributed by atoms with Crippen LogP contribution < -0.4 is 5.32 Å². The topological polar surface area (TPSA) is 32.3 Å². The lowest BCUT2D eigenvalue weighted by Gasteiger charge is -2.52. The monoisotopic (exact) mass is 266 g/mol. The molecular weight excluding hydrogens is 236 g/mol. The predicted octanol–water partition coefficient (Wildman–Crippen LogP) is 2.60. The van der Waals surface area contributed by atoms with Crippen molar-refractivity contribution < 1.29 is 4.79 Å². The van der Waals surface area contributed by atoms with E-state index in [1.165, 1.54) is 12.8 Å². The number of nitrogens with one attached hydrogen (secondary N) is 1. The molecule has 2 atom stereocenters. The Kier molecular flexibility index (Phi) is 3.83. The van der Waals surface area contributed by atoms with Gasteiger partial charge in [-0.15, -0.1) is 0 Å². The summed E-state index contributed by atoms with van der Waals surface area (Å²) in [6.07, 6.45) is 3.07. The van der Waals surface area contributed by atoms with Gasteiger partial charge in [-0.3, -0.25) is 9.69 Å². The van der Waals surface area contributed by atoms with E-state index in [2.05, 4.69) is 51.8 Å². The molecule has 19 heavy (non-hydrogen) atoms. The number of hydrogen-bond donors (Lipinski definition) is 1. The molecule has 2 aliphatic heterocycles. The van der Waals surface area contributed by atoms with Gasteiger partial charge in [-0.2, -0.15) is 0 Å². The van der Waals surface area contributed by atoms with E-state index < -0.39 is 0 Å². The molecule has 2 fully saturated rings. The molecule has 0 spiro atoms. The largest absolute Gasteiger partial charge is 0.307 e. The summed E-state index contributed by atoms with van der Waals surface area (Å²) in [6, 6.07) is 0.979. The lowest BCUT2D eigenvalue weighted by atomic mass is 9.77. The lowest BCUT2D eigenvalue weighted by Crippen LogP contribution is -2.64. The van der Waals surface area contributed by atoms with Gasteiger partial charge < -0.3 is 5.32 Å². The summed E-state index contributed by atoms with van der Waals surface area (Å²) in [5.41, 5.74) is 0.355. The van der Waals surface area contributed by atoms with Crippen molar-refractivity contribution in [3.8, 4) is 0 Å². The SMILES string of the molecule is C[C@@H]1C(=O)CCN(C2CC(C)(C)NC(C)(C)C2)[C@@H]1C. The number of likely N-dealkylation sites (tertiary alicyclic amines) is 1. The molecule has 2 heterocycles. The number of rotatable bonds is 1. The highest BCUT2D eigenvalue weighted by molar-refractivity contribution is 5.82. The summed E-state index contributed by atoms with van der Waals surface area (Å²) in [7, 11) is 0. The first kappa shape index (κ1) is 15.0. The molecule has 2 saturated heterocycles. The summed E-state index contributed by atoms with van der Waals surface area (Å²) < 4.78 is 0. The zero-order valence-corrected chi connectivity index (χ0v) is 13.4. The van der Waals surface area contributed by atoms with Crippen LogP contribution in [-0.4, -0.2) is 40.4 Å². The molecule has 0 amide bonds. The van der Waals surface area contributed by atoms with Crippen molar-refractivity contribution in [2.45, 2.75) is 84.0 Å². The second-order valence-corrected chi connectivity index (χ2v) is 7.94. The summed E-state index contributed by atoms with van der Waals surface area (Å²) >= 11 is 0. The standard InChI is InChI=1S/C16H30N2O/c1-11-12(2)18(8-7-14(11)19)13-9-15(3,4)17-16(5,6)10-13/h11-13,17H,7-10H2,1-6H3/t11-,12+/m0/s1. The van der Waals surface area contributed by atoms with Crippen LogP contribution >= 0.6 is 0 Å². The van der Waals surface area contributed by atoms with E-state index in [9.17, 15) is 4.79 Å². The molecule has 0 aromatic rings. The first-order chi connectivity index (χ1) is 8.61. The average molecular weight is 266 g/mol. The number of hydrogen-bond acceptors (Lipinski definition) is 3. The highest BCUT2D eigenvalue weighted by atomic mass is 16.1. The maximum Gasteiger partial charge on any atom is 0.138 e. The predicted molar refractivity (Wildman–Crippen MR) is 79.3 cm³/mol. The van der Waals surface area contributed by atoms with Gasteiger partial charge in [-0.25, -0.2) is 0 Å². The molecule has 1 N–H and O–H groups in total. The van der Waals surface area contributed by atoms with Gasteiger partial charge in [0, 0.05) is 42.0 Å². The van der Waals surface area contributed by atoms with Crippen LogP contribution in [-0.2, 0) is 4.79 Å². The zero-order valence-electron chi connectivity index (χ0n) is 13.4. The van der Waals surface area contributed by atoms with E-state index in [0.717, 1.165) is 13.0 Å². The first-order valence-electron chi connectivity index (χ1n) is 7.69. The Morgan fingerprint density at radius 1 is 1.11 bits per heavy atom. The summed E-state index contributed by atoms with van der Waals surface area (Å²) in [5, 5.41) is 3.74. The van der Waals surface area contributed by atoms with Crippen molar-refractivity contribution >= 4 is 5.78 Å². The summed E-state index contributed by atoms with van der Waals surface area (Å²) in [6.45, 7) is 14.4. The summed E-state index contributed by atoms with van der Waals surface area (Å²) in [5.74, 6) is 0.631. The second kappa shape index (κ2) is 4.85. The number of carbonyl (C=O) groups excluding carboxylic acids is 1. The Morgan fingerprint density at radius 2 is 1.63 bits per heavy atom. The minimum absolute atomic E-state index is 0.177. The minimum Gasteiger partial charge on any atom is -0.307 e. The third-order valence-electron chi connectivity index (χ3n) is 5.01. The molecular formula is C16H30N2O. The van der Waals surface area contributed by atoms with Crippen LogP contribution in [0.15, 0.2) is 0 Å². The number of nitrogens with zero attached hydrogens (tertiary/aromatic N) is 1. The van der Waals surface area contributed by atoms with E-state index in [-0.39, 0.29) is 17.0 Å². The molecule has 2 rings (SSSR count). The van der Waals surface area contributed by atoms with Crippen molar-refractivity contribution in [3.63, 3.8) is 0 Å². The third-order valence-corrected chi connectivity index (χ3v) is 5.01. The highest BCUT2D eigenvalue weighted by Crippen LogP contribution is 2.35. The van der Waals surface area contributed by atoms with Crippen LogP contribution in [0, 0.1) is 5.92 Å². The maximum atomic E-state index is 11.8. The molecule has 0 aromatic carbocycles.